The summed E-state index contributed by atoms with van der Waals surface area (Å²) in [5.41, 5.74) is 3.16. The molecule has 0 radical (unpaired) electrons. The highest BCUT2D eigenvalue weighted by Gasteiger charge is 2.29. The Morgan fingerprint density at radius 2 is 1.77 bits per heavy atom. The number of anilines is 2. The zero-order valence-electron chi connectivity index (χ0n) is 18.1. The molecule has 0 unspecified atom stereocenters. The lowest BCUT2D eigenvalue weighted by molar-refractivity contribution is 0.590. The Morgan fingerprint density at radius 1 is 0.914 bits per heavy atom. The molecule has 6 aromatic rings. The average Bonchev–Trinajstić information content (AvgIpc) is 3.54. The number of fused-ring (bicyclic) bond motifs is 3. The SMILES string of the molecule is O=c1[nH][nH]c2cc(C3CC3)c(-c3nc(Nc4n[nH]c5c(F)cc(F)cc45)c4ccccc4n3)cc12. The number of hydrogen-bond acceptors (Lipinski definition) is 5. The fourth-order valence-electron chi connectivity index (χ4n) is 4.57. The molecule has 0 spiro atoms. The summed E-state index contributed by atoms with van der Waals surface area (Å²) < 4.78 is 28.1. The maximum atomic E-state index is 14.2. The molecule has 1 saturated carbocycles. The van der Waals surface area contributed by atoms with Crippen LogP contribution in [-0.2, 0) is 0 Å². The molecule has 0 atom stereocenters. The lowest BCUT2D eigenvalue weighted by Gasteiger charge is -2.12. The first kappa shape index (κ1) is 19.8. The maximum Gasteiger partial charge on any atom is 0.271 e. The third-order valence-corrected chi connectivity index (χ3v) is 6.43. The van der Waals surface area contributed by atoms with Crippen LogP contribution >= 0.6 is 0 Å². The summed E-state index contributed by atoms with van der Waals surface area (Å²) >= 11 is 0. The Kier molecular flexibility index (Phi) is 4.08. The number of para-hydroxylation sites is 1. The van der Waals surface area contributed by atoms with Crippen LogP contribution in [0.1, 0.15) is 24.3 Å². The summed E-state index contributed by atoms with van der Waals surface area (Å²) in [6, 6.07) is 13.3. The summed E-state index contributed by atoms with van der Waals surface area (Å²) in [7, 11) is 0. The van der Waals surface area contributed by atoms with E-state index >= 15 is 0 Å². The standard InChI is InChI=1S/C25H17F2N7O/c26-12-7-17-21(18(27)8-12)32-33-24(17)30-22-13-3-1-2-4-19(13)28-23(29-22)15-9-16-20(31-34-25(16)35)10-14(15)11-5-6-11/h1-4,7-11H,5-6H2,(H2,31,34,35)(H2,28,29,30,32,33). The normalized spacial score (nSPS) is 13.8. The summed E-state index contributed by atoms with van der Waals surface area (Å²) in [6.07, 6.45) is 2.12. The van der Waals surface area contributed by atoms with Gasteiger partial charge in [-0.2, -0.15) is 5.10 Å². The Labute approximate surface area is 195 Å². The molecule has 8 nitrogen and oxygen atoms in total. The van der Waals surface area contributed by atoms with Gasteiger partial charge in [-0.1, -0.05) is 12.1 Å². The van der Waals surface area contributed by atoms with Crippen molar-refractivity contribution in [1.29, 1.82) is 0 Å². The van der Waals surface area contributed by atoms with Crippen LogP contribution in [0, 0.1) is 11.6 Å². The van der Waals surface area contributed by atoms with Crippen LogP contribution in [0.25, 0.3) is 44.1 Å². The van der Waals surface area contributed by atoms with E-state index in [4.69, 9.17) is 9.97 Å². The zero-order valence-corrected chi connectivity index (χ0v) is 18.1. The first-order chi connectivity index (χ1) is 17.0. The molecule has 35 heavy (non-hydrogen) atoms. The molecule has 1 fully saturated rings. The van der Waals surface area contributed by atoms with Crippen LogP contribution in [0.2, 0.25) is 0 Å². The van der Waals surface area contributed by atoms with Gasteiger partial charge >= 0.3 is 0 Å². The van der Waals surface area contributed by atoms with Gasteiger partial charge in [0.05, 0.1) is 21.8 Å². The molecule has 0 amide bonds. The molecule has 0 bridgehead atoms. The largest absolute Gasteiger partial charge is 0.322 e. The van der Waals surface area contributed by atoms with Crippen LogP contribution < -0.4 is 10.9 Å². The number of aromatic nitrogens is 6. The van der Waals surface area contributed by atoms with Gasteiger partial charge in [0, 0.05) is 17.0 Å². The van der Waals surface area contributed by atoms with E-state index in [1.165, 1.54) is 6.07 Å². The van der Waals surface area contributed by atoms with E-state index in [0.717, 1.165) is 40.9 Å². The Morgan fingerprint density at radius 3 is 2.63 bits per heavy atom. The maximum absolute atomic E-state index is 14.2. The second kappa shape index (κ2) is 7.20. The number of halogens is 2. The second-order valence-electron chi connectivity index (χ2n) is 8.76. The minimum absolute atomic E-state index is 0.0978. The summed E-state index contributed by atoms with van der Waals surface area (Å²) in [6.45, 7) is 0. The van der Waals surface area contributed by atoms with Crippen molar-refractivity contribution in [1.82, 2.24) is 30.4 Å². The highest BCUT2D eigenvalue weighted by atomic mass is 19.1. The topological polar surface area (TPSA) is 115 Å². The molecule has 4 N–H and O–H groups in total. The molecule has 172 valence electrons. The van der Waals surface area contributed by atoms with Gasteiger partial charge in [0.1, 0.15) is 17.2 Å². The number of nitrogens with zero attached hydrogens (tertiary/aromatic N) is 3. The van der Waals surface area contributed by atoms with E-state index in [9.17, 15) is 13.6 Å². The van der Waals surface area contributed by atoms with Crippen LogP contribution in [0.5, 0.6) is 0 Å². The smallest absolute Gasteiger partial charge is 0.271 e. The number of nitrogens with one attached hydrogen (secondary N) is 4. The quantitative estimate of drug-likeness (QED) is 0.282. The molecule has 1 aliphatic rings. The molecular formula is C25H17F2N7O. The second-order valence-corrected chi connectivity index (χ2v) is 8.76. The van der Waals surface area contributed by atoms with Crippen LogP contribution in [0.3, 0.4) is 0 Å². The van der Waals surface area contributed by atoms with Gasteiger partial charge in [0.25, 0.3) is 5.56 Å². The van der Waals surface area contributed by atoms with Gasteiger partial charge in [-0.15, -0.1) is 0 Å². The summed E-state index contributed by atoms with van der Waals surface area (Å²) in [5, 5.41) is 17.0. The molecule has 1 aliphatic carbocycles. The number of aromatic amines is 3. The number of H-pyrrole nitrogens is 3. The summed E-state index contributed by atoms with van der Waals surface area (Å²) in [4.78, 5) is 21.9. The molecule has 3 aromatic heterocycles. The molecular weight excluding hydrogens is 452 g/mol. The van der Waals surface area contributed by atoms with Crippen molar-refractivity contribution in [3.8, 4) is 11.4 Å². The molecule has 0 aliphatic heterocycles. The Hall–Kier alpha value is -4.60. The molecule has 0 saturated heterocycles. The van der Waals surface area contributed by atoms with Gasteiger partial charge < -0.3 is 5.32 Å². The van der Waals surface area contributed by atoms with Gasteiger partial charge in [-0.05, 0) is 54.7 Å². The lowest BCUT2D eigenvalue weighted by Crippen LogP contribution is -2.02. The van der Waals surface area contributed by atoms with E-state index in [0.29, 0.717) is 28.5 Å². The van der Waals surface area contributed by atoms with E-state index in [-0.39, 0.29) is 22.3 Å². The average molecular weight is 469 g/mol. The van der Waals surface area contributed by atoms with E-state index < -0.39 is 11.6 Å². The van der Waals surface area contributed by atoms with Crippen molar-refractivity contribution in [3.05, 3.63) is 76.1 Å². The van der Waals surface area contributed by atoms with E-state index in [1.54, 1.807) is 0 Å². The fourth-order valence-corrected chi connectivity index (χ4v) is 4.57. The Bertz CT molecular complexity index is 1850. The summed E-state index contributed by atoms with van der Waals surface area (Å²) in [5.74, 6) is 0.0784. The van der Waals surface area contributed by atoms with E-state index in [1.807, 2.05) is 36.4 Å². The first-order valence-corrected chi connectivity index (χ1v) is 11.2. The zero-order chi connectivity index (χ0) is 23.7. The highest BCUT2D eigenvalue weighted by molar-refractivity contribution is 5.97. The molecule has 10 heteroatoms. The third-order valence-electron chi connectivity index (χ3n) is 6.43. The molecule has 7 rings (SSSR count). The van der Waals surface area contributed by atoms with Gasteiger partial charge in [0.15, 0.2) is 17.5 Å². The van der Waals surface area contributed by atoms with Crippen molar-refractivity contribution in [2.24, 2.45) is 0 Å². The van der Waals surface area contributed by atoms with Crippen molar-refractivity contribution in [3.63, 3.8) is 0 Å². The van der Waals surface area contributed by atoms with Crippen LogP contribution in [-0.4, -0.2) is 30.4 Å². The predicted molar refractivity (Wildman–Crippen MR) is 129 cm³/mol. The lowest BCUT2D eigenvalue weighted by atomic mass is 10.00. The fraction of sp³-hybridized carbons (Fsp3) is 0.120. The molecule has 3 aromatic carbocycles. The minimum atomic E-state index is -0.729. The van der Waals surface area contributed by atoms with Gasteiger partial charge in [-0.3, -0.25) is 20.1 Å². The van der Waals surface area contributed by atoms with Crippen molar-refractivity contribution >= 4 is 44.3 Å². The Balaban J connectivity index is 1.44. The minimum Gasteiger partial charge on any atom is -0.322 e. The number of hydrogen-bond donors (Lipinski definition) is 4. The van der Waals surface area contributed by atoms with Crippen molar-refractivity contribution < 1.29 is 8.78 Å². The highest BCUT2D eigenvalue weighted by Crippen LogP contribution is 2.45. The van der Waals surface area contributed by atoms with Gasteiger partial charge in [0.2, 0.25) is 0 Å². The number of benzene rings is 3. The third kappa shape index (κ3) is 3.17. The first-order valence-electron chi connectivity index (χ1n) is 11.2. The van der Waals surface area contributed by atoms with Crippen molar-refractivity contribution in [2.45, 2.75) is 18.8 Å². The van der Waals surface area contributed by atoms with Gasteiger partial charge in [-0.25, -0.2) is 18.7 Å². The van der Waals surface area contributed by atoms with Crippen LogP contribution in [0.4, 0.5) is 20.4 Å². The molecule has 3 heterocycles. The van der Waals surface area contributed by atoms with Crippen molar-refractivity contribution in [2.75, 3.05) is 5.32 Å². The number of rotatable bonds is 4. The van der Waals surface area contributed by atoms with E-state index in [2.05, 4.69) is 25.7 Å². The predicted octanol–water partition coefficient (Wildman–Crippen LogP) is 5.24. The van der Waals surface area contributed by atoms with Crippen LogP contribution in [0.15, 0.2) is 53.3 Å². The monoisotopic (exact) mass is 469 g/mol.